The van der Waals surface area contributed by atoms with E-state index in [4.69, 9.17) is 0 Å². The normalized spacial score (nSPS) is 31.4. The first-order valence-corrected chi connectivity index (χ1v) is 8.98. The molecule has 1 aliphatic carbocycles. The molecule has 5 heteroatoms. The van der Waals surface area contributed by atoms with E-state index in [2.05, 4.69) is 22.0 Å². The lowest BCUT2D eigenvalue weighted by Crippen LogP contribution is -2.39. The highest BCUT2D eigenvalue weighted by Gasteiger charge is 2.57. The van der Waals surface area contributed by atoms with Gasteiger partial charge in [-0.3, -0.25) is 0 Å². The monoisotopic (exact) mass is 296 g/mol. The zero-order chi connectivity index (χ0) is 13.6. The van der Waals surface area contributed by atoms with Crippen LogP contribution in [0.15, 0.2) is 29.2 Å². The average Bonchev–Trinajstić information content (AvgIpc) is 2.63. The third-order valence-corrected chi connectivity index (χ3v) is 8.59. The average molecular weight is 296 g/mol. The predicted octanol–water partition coefficient (Wildman–Crippen LogP) is 1.91. The molecule has 2 aliphatic rings. The van der Waals surface area contributed by atoms with E-state index in [9.17, 15) is 4.89 Å². The molecular formula is C14H21N2OPS. The lowest BCUT2D eigenvalue weighted by Gasteiger charge is -2.37. The first kappa shape index (κ1) is 13.8. The van der Waals surface area contributed by atoms with Crippen LogP contribution in [0.3, 0.4) is 0 Å². The summed E-state index contributed by atoms with van der Waals surface area (Å²) in [6.45, 7) is 0. The summed E-state index contributed by atoms with van der Waals surface area (Å²) >= 11 is 4.52. The molecule has 3 nitrogen and oxygen atoms in total. The fourth-order valence-corrected chi connectivity index (χ4v) is 7.31. The predicted molar refractivity (Wildman–Crippen MR) is 81.8 cm³/mol. The lowest BCUT2D eigenvalue weighted by molar-refractivity contribution is -0.185. The Kier molecular flexibility index (Phi) is 3.65. The van der Waals surface area contributed by atoms with Gasteiger partial charge in [-0.2, -0.15) is 9.34 Å². The van der Waals surface area contributed by atoms with Crippen LogP contribution in [0.5, 0.6) is 0 Å². The molecule has 0 N–H and O–H groups in total. The van der Waals surface area contributed by atoms with Crippen LogP contribution in [0.4, 0.5) is 0 Å². The van der Waals surface area contributed by atoms with Crippen molar-refractivity contribution >= 4 is 25.7 Å². The molecule has 0 aromatic heterocycles. The minimum Gasteiger partial charge on any atom is -0.646 e. The second-order valence-corrected chi connectivity index (χ2v) is 8.91. The summed E-state index contributed by atoms with van der Waals surface area (Å²) in [7, 11) is 1.39. The van der Waals surface area contributed by atoms with E-state index < -0.39 is 7.79 Å². The van der Waals surface area contributed by atoms with E-state index in [0.717, 1.165) is 23.0 Å². The van der Waals surface area contributed by atoms with Gasteiger partial charge in [0.2, 0.25) is 0 Å². The zero-order valence-electron chi connectivity index (χ0n) is 11.5. The first-order valence-electron chi connectivity index (χ1n) is 6.92. The van der Waals surface area contributed by atoms with Gasteiger partial charge >= 0.3 is 0 Å². The van der Waals surface area contributed by atoms with Crippen molar-refractivity contribution in [1.82, 2.24) is 9.34 Å². The second-order valence-electron chi connectivity index (χ2n) is 5.60. The Morgan fingerprint density at radius 1 is 1.11 bits per heavy atom. The fraction of sp³-hybridized carbons (Fsp3) is 0.571. The largest absolute Gasteiger partial charge is 0.646 e. The van der Waals surface area contributed by atoms with Crippen LogP contribution in [0.1, 0.15) is 25.7 Å². The molecule has 3 rings (SSSR count). The Balaban J connectivity index is 2.05. The Hall–Kier alpha value is -0.120. The van der Waals surface area contributed by atoms with Crippen LogP contribution in [0.2, 0.25) is 0 Å². The molecule has 1 aliphatic heterocycles. The van der Waals surface area contributed by atoms with Crippen molar-refractivity contribution < 1.29 is 4.89 Å². The number of benzene rings is 1. The topological polar surface area (TPSA) is 29.5 Å². The van der Waals surface area contributed by atoms with E-state index in [0.29, 0.717) is 12.1 Å². The molecule has 1 aromatic carbocycles. The lowest BCUT2D eigenvalue weighted by atomic mass is 9.91. The Morgan fingerprint density at radius 2 is 1.63 bits per heavy atom. The van der Waals surface area contributed by atoms with Crippen molar-refractivity contribution in [3.8, 4) is 0 Å². The van der Waals surface area contributed by atoms with Crippen LogP contribution in [0.25, 0.3) is 0 Å². The highest BCUT2D eigenvalue weighted by Crippen LogP contribution is 2.64. The Bertz CT molecular complexity index is 466. The molecule has 2 fully saturated rings. The highest BCUT2D eigenvalue weighted by molar-refractivity contribution is 7.82. The molecule has 1 saturated carbocycles. The van der Waals surface area contributed by atoms with Gasteiger partial charge in [0.1, 0.15) is 13.1 Å². The molecule has 2 atom stereocenters. The highest BCUT2D eigenvalue weighted by atomic mass is 32.1. The van der Waals surface area contributed by atoms with Crippen molar-refractivity contribution in [2.24, 2.45) is 0 Å². The van der Waals surface area contributed by atoms with Gasteiger partial charge < -0.3 is 4.89 Å². The van der Waals surface area contributed by atoms with Crippen molar-refractivity contribution in [3.05, 3.63) is 24.3 Å². The Morgan fingerprint density at radius 3 is 2.16 bits per heavy atom. The summed E-state index contributed by atoms with van der Waals surface area (Å²) in [6.07, 6.45) is 4.82. The number of likely N-dealkylation sites (N-methyl/N-ethyl adjacent to an activating group) is 2. The number of fused-ring (bicyclic) bond motifs is 1. The smallest absolute Gasteiger partial charge is 0.142 e. The number of hydrogen-bond acceptors (Lipinski definition) is 4. The molecule has 19 heavy (non-hydrogen) atoms. The SMILES string of the molecule is CN1[C@@H]2CCCC[C@H]2N(C)[P+]1([O-])c1ccccc1S. The standard InChI is InChI=1S/C14H21N2OPS/c1-15-11-7-3-4-8-12(11)16(2)18(15,17)13-9-5-6-10-14(13)19/h5-6,9-12,19H,3-4,7-8H2,1-2H3/t11-,12-/m1/s1. The molecular weight excluding hydrogens is 275 g/mol. The van der Waals surface area contributed by atoms with Crippen molar-refractivity contribution in [1.29, 1.82) is 0 Å². The Labute approximate surface area is 121 Å². The summed E-state index contributed by atoms with van der Waals surface area (Å²) in [4.78, 5) is 14.5. The quantitative estimate of drug-likeness (QED) is 0.634. The summed E-state index contributed by atoms with van der Waals surface area (Å²) in [5.74, 6) is 0. The maximum atomic E-state index is 13.7. The zero-order valence-corrected chi connectivity index (χ0v) is 13.3. The molecule has 0 bridgehead atoms. The van der Waals surface area contributed by atoms with Gasteiger partial charge in [-0.05, 0) is 25.0 Å². The summed E-state index contributed by atoms with van der Waals surface area (Å²) < 4.78 is 4.26. The number of hydrogen-bond donors (Lipinski definition) is 1. The van der Waals surface area contributed by atoms with E-state index in [-0.39, 0.29) is 0 Å². The van der Waals surface area contributed by atoms with Crippen molar-refractivity contribution in [3.63, 3.8) is 0 Å². The second kappa shape index (κ2) is 5.01. The van der Waals surface area contributed by atoms with Gasteiger partial charge in [0.05, 0.1) is 12.1 Å². The molecule has 1 heterocycles. The summed E-state index contributed by atoms with van der Waals surface area (Å²) in [5.41, 5.74) is 0. The first-order chi connectivity index (χ1) is 9.06. The third-order valence-electron chi connectivity index (χ3n) is 4.70. The molecule has 1 saturated heterocycles. The van der Waals surface area contributed by atoms with Crippen LogP contribution < -0.4 is 10.2 Å². The van der Waals surface area contributed by atoms with Gasteiger partial charge in [0.25, 0.3) is 0 Å². The van der Waals surface area contributed by atoms with E-state index in [1.54, 1.807) is 0 Å². The summed E-state index contributed by atoms with van der Waals surface area (Å²) in [6, 6.07) is 8.66. The van der Waals surface area contributed by atoms with Gasteiger partial charge in [0, 0.05) is 19.0 Å². The van der Waals surface area contributed by atoms with Crippen LogP contribution in [0, 0.1) is 0 Å². The maximum Gasteiger partial charge on any atom is 0.142 e. The van der Waals surface area contributed by atoms with E-state index in [1.165, 1.54) is 12.8 Å². The molecule has 0 spiro atoms. The summed E-state index contributed by atoms with van der Waals surface area (Å²) in [5, 5.41) is 0.887. The molecule has 0 unspecified atom stereocenters. The number of nitrogens with zero attached hydrogens (tertiary/aromatic N) is 2. The van der Waals surface area contributed by atoms with Crippen LogP contribution in [-0.2, 0) is 0 Å². The van der Waals surface area contributed by atoms with Gasteiger partial charge in [-0.1, -0.05) is 25.0 Å². The number of rotatable bonds is 1. The van der Waals surface area contributed by atoms with Crippen molar-refractivity contribution in [2.45, 2.75) is 42.7 Å². The number of thiol groups is 1. The molecule has 104 valence electrons. The molecule has 1 aromatic rings. The fourth-order valence-electron chi connectivity index (χ4n) is 3.64. The van der Waals surface area contributed by atoms with Gasteiger partial charge in [-0.25, -0.2) is 0 Å². The maximum absolute atomic E-state index is 13.7. The van der Waals surface area contributed by atoms with Gasteiger partial charge in [0.15, 0.2) is 0 Å². The van der Waals surface area contributed by atoms with Crippen molar-refractivity contribution in [2.75, 3.05) is 14.1 Å². The molecule has 0 radical (unpaired) electrons. The minimum absolute atomic E-state index is 0.428. The van der Waals surface area contributed by atoms with Crippen LogP contribution in [-0.4, -0.2) is 35.5 Å². The van der Waals surface area contributed by atoms with E-state index in [1.807, 2.05) is 38.4 Å². The van der Waals surface area contributed by atoms with E-state index >= 15 is 0 Å². The third kappa shape index (κ3) is 1.97. The minimum atomic E-state index is -2.66. The van der Waals surface area contributed by atoms with Gasteiger partial charge in [-0.15, -0.1) is 12.6 Å². The molecule has 0 amide bonds. The van der Waals surface area contributed by atoms with Crippen LogP contribution >= 0.6 is 20.4 Å².